The standard InChI is InChI=1S/C47H30N6/c1-3-9-35(10-4-1)47-52-46-43(53(47)37-11-5-2-6-12-37)20-19-39-38-13-7-8-14-40(38)51-45(44(39)46)34-17-15-31(16-18-34)36-29-41(32-21-25-48-26-22-32)50-42(30-36)33-23-27-49-28-24-33/h1-30H. The number of aromatic nitrogens is 6. The lowest BCUT2D eigenvalue weighted by Crippen LogP contribution is -1.97. The van der Waals surface area contributed by atoms with Gasteiger partial charge in [-0.2, -0.15) is 0 Å². The van der Waals surface area contributed by atoms with Crippen LogP contribution >= 0.6 is 0 Å². The van der Waals surface area contributed by atoms with E-state index >= 15 is 0 Å². The summed E-state index contributed by atoms with van der Waals surface area (Å²) in [6, 6.07) is 54.6. The molecule has 0 amide bonds. The van der Waals surface area contributed by atoms with Gasteiger partial charge in [0.25, 0.3) is 0 Å². The molecule has 0 spiro atoms. The number of benzene rings is 5. The third-order valence-electron chi connectivity index (χ3n) is 9.81. The van der Waals surface area contributed by atoms with Crippen LogP contribution in [0.2, 0.25) is 0 Å². The van der Waals surface area contributed by atoms with Crippen LogP contribution in [0.3, 0.4) is 0 Å². The number of rotatable bonds is 6. The Morgan fingerprint density at radius 2 is 1.00 bits per heavy atom. The molecule has 0 fully saturated rings. The zero-order valence-electron chi connectivity index (χ0n) is 28.5. The van der Waals surface area contributed by atoms with Gasteiger partial charge in [-0.25, -0.2) is 15.0 Å². The molecule has 10 rings (SSSR count). The lowest BCUT2D eigenvalue weighted by Gasteiger charge is -2.13. The number of para-hydroxylation sites is 2. The normalized spacial score (nSPS) is 11.4. The molecule has 0 radical (unpaired) electrons. The topological polar surface area (TPSA) is 69.4 Å². The van der Waals surface area contributed by atoms with Crippen molar-refractivity contribution in [3.05, 3.63) is 183 Å². The molecule has 10 aromatic rings. The third kappa shape index (κ3) is 5.41. The maximum absolute atomic E-state index is 5.43. The van der Waals surface area contributed by atoms with E-state index in [9.17, 15) is 0 Å². The van der Waals surface area contributed by atoms with Crippen molar-refractivity contribution >= 4 is 32.7 Å². The Morgan fingerprint density at radius 3 is 1.68 bits per heavy atom. The van der Waals surface area contributed by atoms with Crippen LogP contribution in [-0.2, 0) is 0 Å². The van der Waals surface area contributed by atoms with Crippen molar-refractivity contribution in [2.24, 2.45) is 0 Å². The van der Waals surface area contributed by atoms with E-state index in [4.69, 9.17) is 15.0 Å². The van der Waals surface area contributed by atoms with Gasteiger partial charge in [-0.3, -0.25) is 14.5 Å². The molecule has 0 bridgehead atoms. The molecule has 0 N–H and O–H groups in total. The average Bonchev–Trinajstić information content (AvgIpc) is 3.65. The van der Waals surface area contributed by atoms with Crippen LogP contribution < -0.4 is 0 Å². The summed E-state index contributed by atoms with van der Waals surface area (Å²) in [6.45, 7) is 0. The van der Waals surface area contributed by atoms with Gasteiger partial charge < -0.3 is 0 Å². The number of hydrogen-bond donors (Lipinski definition) is 0. The van der Waals surface area contributed by atoms with Crippen molar-refractivity contribution in [2.45, 2.75) is 0 Å². The van der Waals surface area contributed by atoms with Crippen molar-refractivity contribution in [3.8, 4) is 62.0 Å². The first-order valence-corrected chi connectivity index (χ1v) is 17.6. The van der Waals surface area contributed by atoms with E-state index in [0.717, 1.165) is 94.7 Å². The molecule has 6 heteroatoms. The predicted molar refractivity (Wildman–Crippen MR) is 214 cm³/mol. The molecular weight excluding hydrogens is 649 g/mol. The third-order valence-corrected chi connectivity index (χ3v) is 9.81. The number of nitrogens with zero attached hydrogens (tertiary/aromatic N) is 6. The van der Waals surface area contributed by atoms with Crippen molar-refractivity contribution in [3.63, 3.8) is 0 Å². The van der Waals surface area contributed by atoms with Crippen LogP contribution in [0.5, 0.6) is 0 Å². The second kappa shape index (κ2) is 12.8. The first kappa shape index (κ1) is 30.5. The Hall–Kier alpha value is -7.31. The number of fused-ring (bicyclic) bond motifs is 5. The fourth-order valence-electron chi connectivity index (χ4n) is 7.27. The molecule has 0 atom stereocenters. The van der Waals surface area contributed by atoms with Crippen LogP contribution in [0.1, 0.15) is 0 Å². The van der Waals surface area contributed by atoms with Gasteiger partial charge in [-0.15, -0.1) is 0 Å². The molecule has 0 saturated carbocycles. The summed E-state index contributed by atoms with van der Waals surface area (Å²) in [5, 5.41) is 3.26. The lowest BCUT2D eigenvalue weighted by molar-refractivity contribution is 1.10. The Morgan fingerprint density at radius 1 is 0.396 bits per heavy atom. The van der Waals surface area contributed by atoms with Crippen LogP contribution in [0, 0.1) is 0 Å². The number of imidazole rings is 1. The summed E-state index contributed by atoms with van der Waals surface area (Å²) in [5.41, 5.74) is 12.9. The van der Waals surface area contributed by atoms with E-state index in [2.05, 4.69) is 136 Å². The highest BCUT2D eigenvalue weighted by Gasteiger charge is 2.21. The molecule has 0 unspecified atom stereocenters. The molecule has 0 aliphatic carbocycles. The minimum absolute atomic E-state index is 0.883. The van der Waals surface area contributed by atoms with Gasteiger partial charge in [0.05, 0.1) is 33.6 Å². The smallest absolute Gasteiger partial charge is 0.145 e. The first-order valence-electron chi connectivity index (χ1n) is 17.6. The van der Waals surface area contributed by atoms with Gasteiger partial charge >= 0.3 is 0 Å². The van der Waals surface area contributed by atoms with E-state index in [0.29, 0.717) is 0 Å². The molecule has 5 heterocycles. The van der Waals surface area contributed by atoms with Gasteiger partial charge in [0, 0.05) is 63.5 Å². The maximum Gasteiger partial charge on any atom is 0.145 e. The Kier molecular flexibility index (Phi) is 7.36. The molecule has 5 aromatic carbocycles. The van der Waals surface area contributed by atoms with Gasteiger partial charge in [0.1, 0.15) is 5.82 Å². The van der Waals surface area contributed by atoms with Crippen LogP contribution in [0.25, 0.3) is 94.7 Å². The van der Waals surface area contributed by atoms with Crippen LogP contribution in [-0.4, -0.2) is 29.5 Å². The summed E-state index contributed by atoms with van der Waals surface area (Å²) in [4.78, 5) is 24.2. The van der Waals surface area contributed by atoms with Gasteiger partial charge in [0.15, 0.2) is 0 Å². The van der Waals surface area contributed by atoms with E-state index < -0.39 is 0 Å². The average molecular weight is 679 g/mol. The molecule has 0 saturated heterocycles. The first-order chi connectivity index (χ1) is 26.3. The zero-order chi connectivity index (χ0) is 35.1. The van der Waals surface area contributed by atoms with Gasteiger partial charge in [-0.1, -0.05) is 97.1 Å². The molecule has 5 aromatic heterocycles. The van der Waals surface area contributed by atoms with Crippen molar-refractivity contribution in [1.82, 2.24) is 29.5 Å². The van der Waals surface area contributed by atoms with E-state index in [1.165, 1.54) is 0 Å². The van der Waals surface area contributed by atoms with E-state index in [-0.39, 0.29) is 0 Å². The van der Waals surface area contributed by atoms with Crippen molar-refractivity contribution in [1.29, 1.82) is 0 Å². The van der Waals surface area contributed by atoms with Crippen molar-refractivity contribution in [2.75, 3.05) is 0 Å². The fraction of sp³-hybridized carbons (Fsp3) is 0. The summed E-state index contributed by atoms with van der Waals surface area (Å²) in [5.74, 6) is 0.890. The second-order valence-electron chi connectivity index (χ2n) is 13.0. The quantitative estimate of drug-likeness (QED) is 0.164. The summed E-state index contributed by atoms with van der Waals surface area (Å²) >= 11 is 0. The largest absolute Gasteiger partial charge is 0.292 e. The Bertz CT molecular complexity index is 2850. The Labute approximate surface area is 305 Å². The monoisotopic (exact) mass is 678 g/mol. The second-order valence-corrected chi connectivity index (χ2v) is 13.0. The summed E-state index contributed by atoms with van der Waals surface area (Å²) in [6.07, 6.45) is 7.20. The van der Waals surface area contributed by atoms with E-state index in [1.54, 1.807) is 24.8 Å². The molecule has 248 valence electrons. The van der Waals surface area contributed by atoms with Crippen LogP contribution in [0.15, 0.2) is 183 Å². The lowest BCUT2D eigenvalue weighted by atomic mass is 9.96. The number of hydrogen-bond acceptors (Lipinski definition) is 5. The highest BCUT2D eigenvalue weighted by Crippen LogP contribution is 2.40. The Balaban J connectivity index is 1.18. The van der Waals surface area contributed by atoms with Crippen molar-refractivity contribution < 1.29 is 0 Å². The number of pyridine rings is 4. The molecule has 6 nitrogen and oxygen atoms in total. The molecule has 0 aliphatic heterocycles. The maximum atomic E-state index is 5.43. The molecule has 53 heavy (non-hydrogen) atoms. The van der Waals surface area contributed by atoms with Gasteiger partial charge in [0.2, 0.25) is 0 Å². The highest BCUT2D eigenvalue weighted by atomic mass is 15.1. The molecule has 0 aliphatic rings. The predicted octanol–water partition coefficient (Wildman–Crippen LogP) is 11.2. The highest BCUT2D eigenvalue weighted by molar-refractivity contribution is 6.20. The van der Waals surface area contributed by atoms with Crippen LogP contribution in [0.4, 0.5) is 0 Å². The van der Waals surface area contributed by atoms with Gasteiger partial charge in [-0.05, 0) is 77.2 Å². The summed E-state index contributed by atoms with van der Waals surface area (Å²) in [7, 11) is 0. The summed E-state index contributed by atoms with van der Waals surface area (Å²) < 4.78 is 2.26. The SMILES string of the molecule is c1ccc(-c2nc3c4c(-c5ccc(-c6cc(-c7ccncc7)nc(-c7ccncc7)c6)cc5)nc5ccccc5c4ccc3n2-c2ccccc2)cc1. The zero-order valence-corrected chi connectivity index (χ0v) is 28.5. The minimum atomic E-state index is 0.883. The fourth-order valence-corrected chi connectivity index (χ4v) is 7.27. The van der Waals surface area contributed by atoms with E-state index in [1.807, 2.05) is 36.4 Å². The minimum Gasteiger partial charge on any atom is -0.292 e. The molecular formula is C47H30N6.